The van der Waals surface area contributed by atoms with Crippen LogP contribution in [0.2, 0.25) is 0 Å². The summed E-state index contributed by atoms with van der Waals surface area (Å²) in [5, 5.41) is 17.7. The predicted octanol–water partition coefficient (Wildman–Crippen LogP) is 3.42. The number of nitrogens with one attached hydrogen (secondary N) is 1. The summed E-state index contributed by atoms with van der Waals surface area (Å²) in [7, 11) is 1.34. The number of aromatic nitrogens is 4. The van der Waals surface area contributed by atoms with Crippen LogP contribution in [-0.4, -0.2) is 62.9 Å². The van der Waals surface area contributed by atoms with Crippen molar-refractivity contribution in [2.75, 3.05) is 20.3 Å². The van der Waals surface area contributed by atoms with E-state index in [1.54, 1.807) is 13.0 Å². The molecule has 0 saturated heterocycles. The van der Waals surface area contributed by atoms with Crippen molar-refractivity contribution in [3.05, 3.63) is 70.9 Å². The van der Waals surface area contributed by atoms with E-state index in [1.807, 2.05) is 0 Å². The topological polar surface area (TPSA) is 154 Å². The Balaban J connectivity index is 1.54. The highest BCUT2D eigenvalue weighted by Crippen LogP contribution is 2.42. The Bertz CT molecular complexity index is 1720. The summed E-state index contributed by atoms with van der Waals surface area (Å²) >= 11 is 0. The number of pyridine rings is 1. The fraction of sp³-hybridized carbons (Fsp3) is 0.345. The molecule has 11 nitrogen and oxygen atoms in total. The summed E-state index contributed by atoms with van der Waals surface area (Å²) in [6, 6.07) is 8.38. The highest BCUT2D eigenvalue weighted by molar-refractivity contribution is 5.93. The van der Waals surface area contributed by atoms with E-state index < -0.39 is 48.1 Å². The summed E-state index contributed by atoms with van der Waals surface area (Å²) in [6.07, 6.45) is -4.01. The van der Waals surface area contributed by atoms with Crippen LogP contribution >= 0.6 is 0 Å². The van der Waals surface area contributed by atoms with Gasteiger partial charge in [0.1, 0.15) is 23.0 Å². The number of fused-ring (bicyclic) bond motifs is 1. The summed E-state index contributed by atoms with van der Waals surface area (Å²) in [6.45, 7) is 0.271. The molecule has 1 aliphatic carbocycles. The van der Waals surface area contributed by atoms with Crippen LogP contribution in [0.4, 0.5) is 17.6 Å². The van der Waals surface area contributed by atoms with Gasteiger partial charge in [0.15, 0.2) is 5.65 Å². The van der Waals surface area contributed by atoms with Crippen molar-refractivity contribution in [2.45, 2.75) is 43.9 Å². The molecule has 2 amide bonds. The lowest BCUT2D eigenvalue weighted by molar-refractivity contribution is -0.265. The molecule has 5 rings (SSSR count). The molecule has 4 N–H and O–H groups in total. The van der Waals surface area contributed by atoms with E-state index in [1.165, 1.54) is 29.8 Å². The smallest absolute Gasteiger partial charge is 0.424 e. The first-order chi connectivity index (χ1) is 20.8. The van der Waals surface area contributed by atoms with E-state index in [-0.39, 0.29) is 52.3 Å². The van der Waals surface area contributed by atoms with E-state index >= 15 is 0 Å². The molecule has 0 spiro atoms. The van der Waals surface area contributed by atoms with Crippen LogP contribution in [0.15, 0.2) is 42.5 Å². The zero-order valence-corrected chi connectivity index (χ0v) is 23.6. The molecule has 0 unspecified atom stereocenters. The van der Waals surface area contributed by atoms with E-state index in [0.29, 0.717) is 0 Å². The third kappa shape index (κ3) is 6.00. The minimum Gasteiger partial charge on any atom is -0.491 e. The number of hydrogen-bond acceptors (Lipinski definition) is 8. The third-order valence-corrected chi connectivity index (χ3v) is 7.07. The fourth-order valence-corrected chi connectivity index (χ4v) is 4.67. The first-order valence-corrected chi connectivity index (χ1v) is 13.6. The Morgan fingerprint density at radius 3 is 2.43 bits per heavy atom. The van der Waals surface area contributed by atoms with Crippen LogP contribution in [0.5, 0.6) is 11.6 Å². The number of nitrogens with zero attached hydrogens (tertiary/aromatic N) is 4. The molecule has 44 heavy (non-hydrogen) atoms. The van der Waals surface area contributed by atoms with Crippen LogP contribution in [0.25, 0.3) is 16.9 Å². The van der Waals surface area contributed by atoms with Gasteiger partial charge in [0.25, 0.3) is 5.91 Å². The second-order valence-corrected chi connectivity index (χ2v) is 10.3. The number of ether oxygens (including phenoxy) is 2. The number of benzene rings is 1. The molecule has 3 aromatic heterocycles. The van der Waals surface area contributed by atoms with Gasteiger partial charge >= 0.3 is 6.18 Å². The lowest BCUT2D eigenvalue weighted by Gasteiger charge is -2.31. The van der Waals surface area contributed by atoms with Gasteiger partial charge in [-0.1, -0.05) is 0 Å². The number of primary amides is 1. The van der Waals surface area contributed by atoms with Gasteiger partial charge in [0, 0.05) is 29.2 Å². The van der Waals surface area contributed by atoms with Crippen LogP contribution in [0.1, 0.15) is 53.1 Å². The lowest BCUT2D eigenvalue weighted by Crippen LogP contribution is -2.51. The van der Waals surface area contributed by atoms with Gasteiger partial charge in [-0.25, -0.2) is 14.4 Å². The Morgan fingerprint density at radius 1 is 1.14 bits per heavy atom. The van der Waals surface area contributed by atoms with Crippen LogP contribution < -0.4 is 20.5 Å². The summed E-state index contributed by atoms with van der Waals surface area (Å²) in [5.74, 6) is -2.21. The average molecular weight is 617 g/mol. The SMILES string of the molecule is CCOc1c(CC(N)=O)cc([C@@](O)(CNC(=O)c2cc(OC)n3nc(C4CC4)cc3n2)C(F)(F)F)nc1-c1ccc(F)cc1. The molecule has 4 aromatic rings. The molecule has 232 valence electrons. The van der Waals surface area contributed by atoms with E-state index in [0.717, 1.165) is 36.7 Å². The van der Waals surface area contributed by atoms with Crippen molar-refractivity contribution in [3.63, 3.8) is 0 Å². The molecule has 0 aliphatic heterocycles. The van der Waals surface area contributed by atoms with Crippen LogP contribution in [-0.2, 0) is 16.8 Å². The second-order valence-electron chi connectivity index (χ2n) is 10.3. The number of amides is 2. The predicted molar refractivity (Wildman–Crippen MR) is 147 cm³/mol. The fourth-order valence-electron chi connectivity index (χ4n) is 4.67. The highest BCUT2D eigenvalue weighted by atomic mass is 19.4. The molecule has 0 radical (unpaired) electrons. The Labute approximate surface area is 248 Å². The van der Waals surface area contributed by atoms with Crippen LogP contribution in [0, 0.1) is 5.82 Å². The molecule has 1 aromatic carbocycles. The molecule has 15 heteroatoms. The molecule has 0 bridgehead atoms. The van der Waals surface area contributed by atoms with Crippen molar-refractivity contribution in [1.29, 1.82) is 0 Å². The Hall–Kier alpha value is -4.79. The maximum absolute atomic E-state index is 14.6. The number of rotatable bonds is 11. The number of alkyl halides is 3. The summed E-state index contributed by atoms with van der Waals surface area (Å²) in [5.41, 5.74) is 1.25. The van der Waals surface area contributed by atoms with Gasteiger partial charge in [-0.15, -0.1) is 0 Å². The second kappa shape index (κ2) is 11.7. The minimum atomic E-state index is -5.37. The van der Waals surface area contributed by atoms with Crippen molar-refractivity contribution >= 4 is 17.5 Å². The zero-order valence-electron chi connectivity index (χ0n) is 23.6. The average Bonchev–Trinajstić information content (AvgIpc) is 3.74. The maximum atomic E-state index is 14.6. The number of nitrogens with two attached hydrogens (primary N) is 1. The Morgan fingerprint density at radius 2 is 1.84 bits per heavy atom. The van der Waals surface area contributed by atoms with E-state index in [2.05, 4.69) is 20.4 Å². The number of methoxy groups -OCH3 is 1. The van der Waals surface area contributed by atoms with Crippen molar-refractivity contribution in [3.8, 4) is 22.9 Å². The van der Waals surface area contributed by atoms with Gasteiger partial charge in [-0.2, -0.15) is 22.8 Å². The normalized spacial score (nSPS) is 14.7. The maximum Gasteiger partial charge on any atom is 0.424 e. The minimum absolute atomic E-state index is 0.0424. The van der Waals surface area contributed by atoms with Crippen molar-refractivity contribution in [1.82, 2.24) is 24.9 Å². The summed E-state index contributed by atoms with van der Waals surface area (Å²) in [4.78, 5) is 33.3. The quantitative estimate of drug-likeness (QED) is 0.217. The van der Waals surface area contributed by atoms with Crippen molar-refractivity contribution < 1.29 is 41.7 Å². The number of carbonyl (C=O) groups is 2. The molecule has 1 saturated carbocycles. The Kier molecular flexibility index (Phi) is 8.16. The highest BCUT2D eigenvalue weighted by Gasteiger charge is 2.57. The van der Waals surface area contributed by atoms with E-state index in [9.17, 15) is 32.3 Å². The van der Waals surface area contributed by atoms with Gasteiger partial charge < -0.3 is 25.6 Å². The molecular formula is C29H28F4N6O5. The molecule has 3 heterocycles. The van der Waals surface area contributed by atoms with Crippen molar-refractivity contribution in [2.24, 2.45) is 5.73 Å². The number of halogens is 4. The molecular weight excluding hydrogens is 588 g/mol. The molecule has 1 aliphatic rings. The number of aliphatic hydroxyl groups is 1. The van der Waals surface area contributed by atoms with Crippen LogP contribution in [0.3, 0.4) is 0 Å². The standard InChI is InChI=1S/C29H28F4N6O5/c1-3-44-26-17(11-22(34)40)10-21(37-25(26)16-6-8-18(30)9-7-16)28(42,29(31,32)33)14-35-27(41)20-13-24(43-2)39-23(36-20)12-19(38-39)15-4-5-15/h6-10,12-13,15,42H,3-5,11,14H2,1-2H3,(H2,34,40)(H,35,41)/t28-/m0/s1. The first kappa shape index (κ1) is 30.7. The van der Waals surface area contributed by atoms with Gasteiger partial charge in [-0.3, -0.25) is 9.59 Å². The number of carbonyl (C=O) groups excluding carboxylic acids is 2. The van der Waals surface area contributed by atoms with Gasteiger partial charge in [-0.05, 0) is 50.1 Å². The van der Waals surface area contributed by atoms with E-state index in [4.69, 9.17) is 15.2 Å². The van der Waals surface area contributed by atoms with Gasteiger partial charge in [0.05, 0.1) is 38.1 Å². The lowest BCUT2D eigenvalue weighted by atomic mass is 9.93. The molecule has 1 atom stereocenters. The largest absolute Gasteiger partial charge is 0.491 e. The zero-order chi connectivity index (χ0) is 31.8. The first-order valence-electron chi connectivity index (χ1n) is 13.6. The molecule has 1 fully saturated rings. The van der Waals surface area contributed by atoms with Gasteiger partial charge in [0.2, 0.25) is 17.4 Å². The monoisotopic (exact) mass is 616 g/mol. The number of hydrogen-bond donors (Lipinski definition) is 3. The summed E-state index contributed by atoms with van der Waals surface area (Å²) < 4.78 is 69.8. The third-order valence-electron chi connectivity index (χ3n) is 7.07.